The number of carbonyl (C=O) groups excluding carboxylic acids is 1. The molecule has 1 atom stereocenters. The molecular weight excluding hydrogens is 248 g/mol. The number of aromatic hydroxyl groups is 1. The summed E-state index contributed by atoms with van der Waals surface area (Å²) in [5.41, 5.74) is 6.47. The maximum atomic E-state index is 12.1. The van der Waals surface area contributed by atoms with Crippen LogP contribution >= 0.6 is 12.2 Å². The molecule has 4 N–H and O–H groups in total. The molecule has 1 aromatic rings. The number of hydrogen-bond acceptors (Lipinski definition) is 3. The van der Waals surface area contributed by atoms with Crippen molar-refractivity contribution in [2.24, 2.45) is 11.7 Å². The molecule has 0 aliphatic heterocycles. The van der Waals surface area contributed by atoms with Gasteiger partial charge in [-0.25, -0.2) is 0 Å². The first-order chi connectivity index (χ1) is 8.34. The van der Waals surface area contributed by atoms with Crippen molar-refractivity contribution in [2.45, 2.75) is 26.8 Å². The Hall–Kier alpha value is -1.62. The molecule has 0 aliphatic carbocycles. The summed E-state index contributed by atoms with van der Waals surface area (Å²) in [4.78, 5) is 12.3. The van der Waals surface area contributed by atoms with Gasteiger partial charge in [0.1, 0.15) is 5.75 Å². The summed E-state index contributed by atoms with van der Waals surface area (Å²) in [5, 5.41) is 12.6. The molecule has 0 aliphatic rings. The summed E-state index contributed by atoms with van der Waals surface area (Å²) in [6.07, 6.45) is 0. The molecule has 0 spiro atoms. The van der Waals surface area contributed by atoms with Crippen LogP contribution in [0.25, 0.3) is 0 Å². The molecule has 0 fully saturated rings. The number of nitrogens with one attached hydrogen (secondary N) is 1. The van der Waals surface area contributed by atoms with E-state index in [4.69, 9.17) is 18.0 Å². The van der Waals surface area contributed by atoms with Gasteiger partial charge in [0, 0.05) is 0 Å². The molecule has 1 unspecified atom stereocenters. The highest BCUT2D eigenvalue weighted by atomic mass is 32.1. The smallest absolute Gasteiger partial charge is 0.255 e. The fourth-order valence-corrected chi connectivity index (χ4v) is 1.96. The summed E-state index contributed by atoms with van der Waals surface area (Å²) >= 11 is 4.92. The summed E-state index contributed by atoms with van der Waals surface area (Å²) < 4.78 is 0. The van der Waals surface area contributed by atoms with Crippen LogP contribution in [-0.4, -0.2) is 22.0 Å². The molecule has 0 bridgehead atoms. The first kappa shape index (κ1) is 14.4. The third-order valence-electron chi connectivity index (χ3n) is 2.74. The van der Waals surface area contributed by atoms with Crippen LogP contribution in [0.1, 0.15) is 29.8 Å². The van der Waals surface area contributed by atoms with E-state index in [2.05, 4.69) is 5.32 Å². The number of hydrogen-bond donors (Lipinski definition) is 3. The van der Waals surface area contributed by atoms with Gasteiger partial charge in [-0.15, -0.1) is 0 Å². The average molecular weight is 266 g/mol. The minimum Gasteiger partial charge on any atom is -0.507 e. The monoisotopic (exact) mass is 266 g/mol. The molecular formula is C13H18N2O2S. The van der Waals surface area contributed by atoms with Crippen molar-refractivity contribution >= 4 is 23.1 Å². The zero-order valence-corrected chi connectivity index (χ0v) is 11.5. The maximum Gasteiger partial charge on any atom is 0.255 e. The van der Waals surface area contributed by atoms with E-state index in [1.807, 2.05) is 13.8 Å². The summed E-state index contributed by atoms with van der Waals surface area (Å²) in [6.45, 7) is 5.57. The Bertz CT molecular complexity index is 472. The quantitative estimate of drug-likeness (QED) is 0.726. The van der Waals surface area contributed by atoms with E-state index in [-0.39, 0.29) is 34.2 Å². The van der Waals surface area contributed by atoms with E-state index in [9.17, 15) is 9.90 Å². The lowest BCUT2D eigenvalue weighted by molar-refractivity contribution is 0.0937. The number of phenolic OH excluding ortho intramolecular Hbond substituents is 1. The molecule has 1 aromatic carbocycles. The standard InChI is InChI=1S/C13H18N2O2S/c1-7(2)10(12(14)18)15-13(17)9-6-4-5-8(3)11(9)16/h4-7,10,16H,1-3H3,(H2,14,18)(H,15,17). The minimum absolute atomic E-state index is 0.0135. The number of phenols is 1. The number of aryl methyl sites for hydroxylation is 1. The van der Waals surface area contributed by atoms with Gasteiger partial charge < -0.3 is 16.2 Å². The zero-order valence-electron chi connectivity index (χ0n) is 10.7. The van der Waals surface area contributed by atoms with E-state index < -0.39 is 0 Å². The Labute approximate surface area is 112 Å². The minimum atomic E-state index is -0.382. The lowest BCUT2D eigenvalue weighted by atomic mass is 10.0. The lowest BCUT2D eigenvalue weighted by Crippen LogP contribution is -2.46. The van der Waals surface area contributed by atoms with Gasteiger partial charge in [-0.05, 0) is 24.5 Å². The van der Waals surface area contributed by atoms with Crippen LogP contribution in [0.4, 0.5) is 0 Å². The molecule has 0 saturated heterocycles. The van der Waals surface area contributed by atoms with E-state index in [0.717, 1.165) is 0 Å². The molecule has 0 heterocycles. The van der Waals surface area contributed by atoms with Crippen LogP contribution in [0.15, 0.2) is 18.2 Å². The van der Waals surface area contributed by atoms with E-state index in [1.54, 1.807) is 25.1 Å². The molecule has 1 rings (SSSR count). The van der Waals surface area contributed by atoms with Crippen LogP contribution in [-0.2, 0) is 0 Å². The number of carbonyl (C=O) groups is 1. The van der Waals surface area contributed by atoms with Crippen molar-refractivity contribution < 1.29 is 9.90 Å². The zero-order chi connectivity index (χ0) is 13.9. The second-order valence-corrected chi connectivity index (χ2v) is 5.04. The topological polar surface area (TPSA) is 75.4 Å². The average Bonchev–Trinajstić information content (AvgIpc) is 2.28. The molecule has 0 aromatic heterocycles. The van der Waals surface area contributed by atoms with Crippen LogP contribution in [0, 0.1) is 12.8 Å². The normalized spacial score (nSPS) is 12.2. The second kappa shape index (κ2) is 5.82. The largest absolute Gasteiger partial charge is 0.507 e. The highest BCUT2D eigenvalue weighted by Crippen LogP contribution is 2.21. The molecule has 1 amide bonds. The van der Waals surface area contributed by atoms with Crippen molar-refractivity contribution in [1.29, 1.82) is 0 Å². The second-order valence-electron chi connectivity index (χ2n) is 4.57. The van der Waals surface area contributed by atoms with Crippen molar-refractivity contribution in [3.8, 4) is 5.75 Å². The van der Waals surface area contributed by atoms with Crippen molar-refractivity contribution in [1.82, 2.24) is 5.32 Å². The molecule has 18 heavy (non-hydrogen) atoms. The SMILES string of the molecule is Cc1cccc(C(=O)NC(C(N)=S)C(C)C)c1O. The highest BCUT2D eigenvalue weighted by Gasteiger charge is 2.21. The molecule has 0 radical (unpaired) electrons. The highest BCUT2D eigenvalue weighted by molar-refractivity contribution is 7.80. The third kappa shape index (κ3) is 3.20. The summed E-state index contributed by atoms with van der Waals surface area (Å²) in [5.74, 6) is -0.290. The number of amides is 1. The van der Waals surface area contributed by atoms with Gasteiger partial charge in [-0.3, -0.25) is 4.79 Å². The lowest BCUT2D eigenvalue weighted by Gasteiger charge is -2.21. The predicted octanol–water partition coefficient (Wildman–Crippen LogP) is 1.74. The predicted molar refractivity (Wildman–Crippen MR) is 75.7 cm³/mol. The first-order valence-electron chi connectivity index (χ1n) is 5.73. The van der Waals surface area contributed by atoms with Crippen LogP contribution < -0.4 is 11.1 Å². The Balaban J connectivity index is 2.94. The Morgan fingerprint density at radius 1 is 1.44 bits per heavy atom. The van der Waals surface area contributed by atoms with Gasteiger partial charge in [0.05, 0.1) is 16.6 Å². The summed E-state index contributed by atoms with van der Waals surface area (Å²) in [6, 6.07) is 4.64. The summed E-state index contributed by atoms with van der Waals surface area (Å²) in [7, 11) is 0. The molecule has 98 valence electrons. The van der Waals surface area contributed by atoms with Crippen molar-refractivity contribution in [3.05, 3.63) is 29.3 Å². The van der Waals surface area contributed by atoms with Gasteiger partial charge in [0.25, 0.3) is 5.91 Å². The van der Waals surface area contributed by atoms with Crippen molar-refractivity contribution in [2.75, 3.05) is 0 Å². The van der Waals surface area contributed by atoms with E-state index >= 15 is 0 Å². The number of para-hydroxylation sites is 1. The van der Waals surface area contributed by atoms with Gasteiger partial charge in [0.2, 0.25) is 0 Å². The van der Waals surface area contributed by atoms with E-state index in [0.29, 0.717) is 5.56 Å². The fraction of sp³-hybridized carbons (Fsp3) is 0.385. The fourth-order valence-electron chi connectivity index (χ4n) is 1.63. The molecule has 5 heteroatoms. The van der Waals surface area contributed by atoms with Crippen molar-refractivity contribution in [3.63, 3.8) is 0 Å². The Morgan fingerprint density at radius 3 is 2.56 bits per heavy atom. The van der Waals surface area contributed by atoms with Crippen LogP contribution in [0.5, 0.6) is 5.75 Å². The molecule has 4 nitrogen and oxygen atoms in total. The van der Waals surface area contributed by atoms with Gasteiger partial charge in [-0.1, -0.05) is 38.2 Å². The number of nitrogens with two attached hydrogens (primary N) is 1. The number of thiocarbonyl (C=S) groups is 1. The van der Waals surface area contributed by atoms with Gasteiger partial charge in [-0.2, -0.15) is 0 Å². The Morgan fingerprint density at radius 2 is 2.06 bits per heavy atom. The maximum absolute atomic E-state index is 12.1. The van der Waals surface area contributed by atoms with Crippen LogP contribution in [0.2, 0.25) is 0 Å². The number of rotatable bonds is 4. The van der Waals surface area contributed by atoms with Gasteiger partial charge >= 0.3 is 0 Å². The van der Waals surface area contributed by atoms with Gasteiger partial charge in [0.15, 0.2) is 0 Å². The number of benzene rings is 1. The molecule has 0 saturated carbocycles. The Kier molecular flexibility index (Phi) is 4.67. The van der Waals surface area contributed by atoms with E-state index in [1.165, 1.54) is 0 Å². The third-order valence-corrected chi connectivity index (χ3v) is 3.00. The van der Waals surface area contributed by atoms with Crippen LogP contribution in [0.3, 0.4) is 0 Å². The first-order valence-corrected chi connectivity index (χ1v) is 6.14.